The summed E-state index contributed by atoms with van der Waals surface area (Å²) in [6.45, 7) is 7.31. The fourth-order valence-corrected chi connectivity index (χ4v) is 3.97. The third kappa shape index (κ3) is 6.24. The zero-order valence-electron chi connectivity index (χ0n) is 20.9. The first-order chi connectivity index (χ1) is 17.6. The van der Waals surface area contributed by atoms with Crippen molar-refractivity contribution in [3.05, 3.63) is 89.6 Å². The monoisotopic (exact) mass is 484 g/mol. The highest BCUT2D eigenvalue weighted by molar-refractivity contribution is 6.10. The van der Waals surface area contributed by atoms with E-state index in [-0.39, 0.29) is 5.91 Å². The number of para-hydroxylation sites is 1. The molecular formula is C29H32N4O3. The molecule has 36 heavy (non-hydrogen) atoms. The van der Waals surface area contributed by atoms with Crippen LogP contribution >= 0.6 is 0 Å². The van der Waals surface area contributed by atoms with Crippen molar-refractivity contribution in [1.82, 2.24) is 10.3 Å². The number of H-pyrrole nitrogens is 1. The molecule has 0 saturated heterocycles. The first-order valence-electron chi connectivity index (χ1n) is 12.2. The van der Waals surface area contributed by atoms with Crippen molar-refractivity contribution in [2.75, 3.05) is 25.1 Å². The van der Waals surface area contributed by atoms with Gasteiger partial charge in [-0.25, -0.2) is 0 Å². The summed E-state index contributed by atoms with van der Waals surface area (Å²) in [6.07, 6.45) is 2.75. The Morgan fingerprint density at radius 2 is 1.75 bits per heavy atom. The molecule has 0 aliphatic rings. The molecule has 0 spiro atoms. The summed E-state index contributed by atoms with van der Waals surface area (Å²) in [5.74, 6) is 1.25. The third-order valence-corrected chi connectivity index (χ3v) is 5.64. The van der Waals surface area contributed by atoms with Gasteiger partial charge in [-0.2, -0.15) is 0 Å². The van der Waals surface area contributed by atoms with Gasteiger partial charge in [0.05, 0.1) is 13.2 Å². The van der Waals surface area contributed by atoms with Crippen molar-refractivity contribution in [1.29, 1.82) is 0 Å². The summed E-state index contributed by atoms with van der Waals surface area (Å²) in [4.78, 5) is 21.2. The van der Waals surface area contributed by atoms with Gasteiger partial charge in [0.2, 0.25) is 5.96 Å². The van der Waals surface area contributed by atoms with E-state index in [9.17, 15) is 4.79 Å². The van der Waals surface area contributed by atoms with E-state index in [0.29, 0.717) is 42.8 Å². The minimum Gasteiger partial charge on any atom is -0.490 e. The van der Waals surface area contributed by atoms with Gasteiger partial charge < -0.3 is 19.8 Å². The number of nitrogens with zero attached hydrogens (tertiary/aromatic N) is 1. The van der Waals surface area contributed by atoms with Crippen molar-refractivity contribution < 1.29 is 14.3 Å². The highest BCUT2D eigenvalue weighted by atomic mass is 16.5. The summed E-state index contributed by atoms with van der Waals surface area (Å²) >= 11 is 0. The van der Waals surface area contributed by atoms with Crippen molar-refractivity contribution in [3.8, 4) is 11.5 Å². The number of aliphatic imine (C=N–C) groups is 1. The number of rotatable bonds is 9. The molecule has 186 valence electrons. The maximum atomic E-state index is 13.2. The number of carbonyl (C=O) groups excluding carboxylic acids is 1. The Morgan fingerprint density at radius 1 is 0.944 bits per heavy atom. The van der Waals surface area contributed by atoms with Gasteiger partial charge in [0.1, 0.15) is 0 Å². The molecule has 0 saturated carbocycles. The molecule has 0 aliphatic carbocycles. The normalized spacial score (nSPS) is 11.4. The summed E-state index contributed by atoms with van der Waals surface area (Å²) in [5.41, 5.74) is 4.70. The highest BCUT2D eigenvalue weighted by Crippen LogP contribution is 2.28. The number of aromatic nitrogens is 1. The van der Waals surface area contributed by atoms with Crippen LogP contribution in [0.15, 0.2) is 77.9 Å². The number of aryl methyl sites for hydroxylation is 1. The number of fused-ring (bicyclic) bond motifs is 1. The second-order valence-electron chi connectivity index (χ2n) is 8.32. The van der Waals surface area contributed by atoms with Gasteiger partial charge in [-0.3, -0.25) is 15.1 Å². The van der Waals surface area contributed by atoms with Crippen LogP contribution in [0.3, 0.4) is 0 Å². The van der Waals surface area contributed by atoms with Crippen LogP contribution in [0.2, 0.25) is 0 Å². The molecular weight excluding hydrogens is 452 g/mol. The topological polar surface area (TPSA) is 87.7 Å². The van der Waals surface area contributed by atoms with Crippen LogP contribution in [0.4, 0.5) is 5.69 Å². The molecule has 4 rings (SSSR count). The van der Waals surface area contributed by atoms with E-state index in [1.54, 1.807) is 18.2 Å². The van der Waals surface area contributed by atoms with Gasteiger partial charge in [-0.15, -0.1) is 0 Å². The molecule has 1 heterocycles. The number of hydrogen-bond acceptors (Lipinski definition) is 4. The minimum atomic E-state index is -0.287. The number of amides is 1. The van der Waals surface area contributed by atoms with Crippen LogP contribution in [-0.2, 0) is 6.42 Å². The molecule has 7 heteroatoms. The Labute approximate surface area is 211 Å². The van der Waals surface area contributed by atoms with E-state index in [1.165, 1.54) is 10.9 Å². The second-order valence-corrected chi connectivity index (χ2v) is 8.32. The first-order valence-corrected chi connectivity index (χ1v) is 12.2. The van der Waals surface area contributed by atoms with E-state index in [2.05, 4.69) is 27.8 Å². The van der Waals surface area contributed by atoms with Gasteiger partial charge in [0, 0.05) is 34.9 Å². The van der Waals surface area contributed by atoms with E-state index < -0.39 is 0 Å². The molecule has 0 unspecified atom stereocenters. The van der Waals surface area contributed by atoms with Crippen molar-refractivity contribution >= 4 is 28.5 Å². The fraction of sp³-hybridized carbons (Fsp3) is 0.241. The quantitative estimate of drug-likeness (QED) is 0.210. The summed E-state index contributed by atoms with van der Waals surface area (Å²) in [7, 11) is 0. The zero-order valence-corrected chi connectivity index (χ0v) is 20.9. The number of anilines is 1. The zero-order chi connectivity index (χ0) is 25.3. The molecule has 0 aliphatic heterocycles. The third-order valence-electron chi connectivity index (χ3n) is 5.64. The van der Waals surface area contributed by atoms with Gasteiger partial charge in [0.25, 0.3) is 5.91 Å². The average molecular weight is 485 g/mol. The van der Waals surface area contributed by atoms with E-state index in [1.807, 2.05) is 63.4 Å². The van der Waals surface area contributed by atoms with E-state index >= 15 is 0 Å². The van der Waals surface area contributed by atoms with Crippen molar-refractivity contribution in [3.63, 3.8) is 0 Å². The second kappa shape index (κ2) is 11.9. The molecule has 3 aromatic carbocycles. The highest BCUT2D eigenvalue weighted by Gasteiger charge is 2.14. The molecule has 1 aromatic heterocycles. The van der Waals surface area contributed by atoms with Crippen molar-refractivity contribution in [2.45, 2.75) is 27.2 Å². The van der Waals surface area contributed by atoms with E-state index in [4.69, 9.17) is 14.5 Å². The number of ether oxygens (including phenoxy) is 2. The van der Waals surface area contributed by atoms with E-state index in [0.717, 1.165) is 23.2 Å². The summed E-state index contributed by atoms with van der Waals surface area (Å²) < 4.78 is 11.3. The molecule has 3 N–H and O–H groups in total. The number of benzene rings is 3. The van der Waals surface area contributed by atoms with Crippen LogP contribution in [0.5, 0.6) is 11.5 Å². The molecule has 4 aromatic rings. The lowest BCUT2D eigenvalue weighted by Gasteiger charge is -2.14. The Kier molecular flexibility index (Phi) is 8.24. The Hall–Kier alpha value is -4.26. The fourth-order valence-electron chi connectivity index (χ4n) is 3.97. The predicted octanol–water partition coefficient (Wildman–Crippen LogP) is 5.71. The SMILES string of the molecule is CCOc1ccc(C(=O)NC(=NCCc2c[nH]c3ccccc23)Nc2cccc(C)c2)cc1OCC. The molecule has 0 atom stereocenters. The maximum absolute atomic E-state index is 13.2. The largest absolute Gasteiger partial charge is 0.490 e. The molecule has 0 bridgehead atoms. The van der Waals surface area contributed by atoms with Gasteiger partial charge >= 0.3 is 0 Å². The lowest BCUT2D eigenvalue weighted by molar-refractivity contribution is 0.0976. The Morgan fingerprint density at radius 3 is 2.56 bits per heavy atom. The average Bonchev–Trinajstić information content (AvgIpc) is 3.28. The predicted molar refractivity (Wildman–Crippen MR) is 145 cm³/mol. The molecule has 7 nitrogen and oxygen atoms in total. The standard InChI is InChI=1S/C29H32N4O3/c1-4-35-26-14-13-21(18-27(26)36-5-2)28(34)33-29(32-23-10-8-9-20(3)17-23)30-16-15-22-19-31-25-12-7-6-11-24(22)25/h6-14,17-19,31H,4-5,15-16H2,1-3H3,(H2,30,32,33,34). The smallest absolute Gasteiger partial charge is 0.258 e. The Balaban J connectivity index is 1.54. The van der Waals surface area contributed by atoms with Crippen LogP contribution in [0, 0.1) is 6.92 Å². The number of nitrogens with one attached hydrogen (secondary N) is 3. The number of carbonyl (C=O) groups is 1. The van der Waals surface area contributed by atoms with Crippen molar-refractivity contribution in [2.24, 2.45) is 4.99 Å². The van der Waals surface area contributed by atoms with Crippen LogP contribution in [0.1, 0.15) is 35.3 Å². The minimum absolute atomic E-state index is 0.287. The van der Waals surface area contributed by atoms with Gasteiger partial charge in [-0.1, -0.05) is 30.3 Å². The molecule has 1 amide bonds. The lowest BCUT2D eigenvalue weighted by Crippen LogP contribution is -2.36. The van der Waals surface area contributed by atoms with Gasteiger partial charge in [0.15, 0.2) is 11.5 Å². The maximum Gasteiger partial charge on any atom is 0.258 e. The van der Waals surface area contributed by atoms with Crippen LogP contribution < -0.4 is 20.1 Å². The van der Waals surface area contributed by atoms with Crippen LogP contribution in [0.25, 0.3) is 10.9 Å². The summed E-state index contributed by atoms with van der Waals surface area (Å²) in [5, 5.41) is 7.38. The first kappa shape index (κ1) is 24.9. The molecule has 0 radical (unpaired) electrons. The Bertz CT molecular complexity index is 1360. The lowest BCUT2D eigenvalue weighted by atomic mass is 10.1. The number of hydrogen-bond donors (Lipinski definition) is 3. The number of aromatic amines is 1. The number of guanidine groups is 1. The van der Waals surface area contributed by atoms with Gasteiger partial charge in [-0.05, 0) is 74.7 Å². The van der Waals surface area contributed by atoms with Crippen LogP contribution in [-0.4, -0.2) is 36.6 Å². The molecule has 0 fully saturated rings. The summed E-state index contributed by atoms with van der Waals surface area (Å²) in [6, 6.07) is 21.3.